The van der Waals surface area contributed by atoms with Gasteiger partial charge in [-0.25, -0.2) is 0 Å². The van der Waals surface area contributed by atoms with E-state index in [1.54, 1.807) is 0 Å². The van der Waals surface area contributed by atoms with Crippen LogP contribution in [0.15, 0.2) is 48.5 Å². The summed E-state index contributed by atoms with van der Waals surface area (Å²) in [6.07, 6.45) is 0.956. The highest BCUT2D eigenvalue weighted by Gasteiger charge is 2.46. The normalized spacial score (nSPS) is 22.8. The molecule has 0 aromatic heterocycles. The molecule has 3 nitrogen and oxygen atoms in total. The Bertz CT molecular complexity index is 752. The van der Waals surface area contributed by atoms with E-state index in [1.807, 2.05) is 53.4 Å². The average molecular weight is 375 g/mol. The minimum atomic E-state index is 0.142. The molecular weight excluding hydrogens is 355 g/mol. The molecular formula is C20H20Cl2N2O. The van der Waals surface area contributed by atoms with Crippen LogP contribution in [0.3, 0.4) is 0 Å². The minimum absolute atomic E-state index is 0.142. The highest BCUT2D eigenvalue weighted by molar-refractivity contribution is 6.30. The van der Waals surface area contributed by atoms with Gasteiger partial charge in [-0.15, -0.1) is 0 Å². The Hall–Kier alpha value is -1.71. The van der Waals surface area contributed by atoms with E-state index in [0.29, 0.717) is 11.8 Å². The fourth-order valence-corrected chi connectivity index (χ4v) is 3.87. The second-order valence-corrected chi connectivity index (χ2v) is 7.66. The van der Waals surface area contributed by atoms with Gasteiger partial charge < -0.3 is 9.80 Å². The molecule has 0 bridgehead atoms. The van der Waals surface area contributed by atoms with Gasteiger partial charge in [0, 0.05) is 47.8 Å². The number of anilines is 1. The second-order valence-electron chi connectivity index (χ2n) is 6.79. The minimum Gasteiger partial charge on any atom is -0.368 e. The van der Waals surface area contributed by atoms with E-state index in [0.717, 1.165) is 42.6 Å². The van der Waals surface area contributed by atoms with E-state index in [2.05, 4.69) is 4.90 Å². The van der Waals surface area contributed by atoms with Gasteiger partial charge in [0.1, 0.15) is 0 Å². The van der Waals surface area contributed by atoms with Crippen molar-refractivity contribution in [3.63, 3.8) is 0 Å². The molecule has 25 heavy (non-hydrogen) atoms. The molecule has 2 aromatic rings. The summed E-state index contributed by atoms with van der Waals surface area (Å²) in [6, 6.07) is 15.8. The first kappa shape index (κ1) is 16.7. The number of carbonyl (C=O) groups excluding carboxylic acids is 1. The molecule has 1 heterocycles. The predicted molar refractivity (Wildman–Crippen MR) is 103 cm³/mol. The molecule has 2 atom stereocenters. The first-order chi connectivity index (χ1) is 12.1. The lowest BCUT2D eigenvalue weighted by Gasteiger charge is -2.36. The van der Waals surface area contributed by atoms with E-state index >= 15 is 0 Å². The summed E-state index contributed by atoms with van der Waals surface area (Å²) < 4.78 is 0. The first-order valence-electron chi connectivity index (χ1n) is 8.66. The van der Waals surface area contributed by atoms with Crippen molar-refractivity contribution in [2.75, 3.05) is 31.1 Å². The molecule has 5 heteroatoms. The number of hydrogen-bond donors (Lipinski definition) is 0. The zero-order chi connectivity index (χ0) is 17.4. The second kappa shape index (κ2) is 6.89. The van der Waals surface area contributed by atoms with Gasteiger partial charge in [-0.2, -0.15) is 0 Å². The summed E-state index contributed by atoms with van der Waals surface area (Å²) in [6.45, 7) is 3.30. The quantitative estimate of drug-likeness (QED) is 0.792. The fourth-order valence-electron chi connectivity index (χ4n) is 3.62. The summed E-state index contributed by atoms with van der Waals surface area (Å²) in [5.41, 5.74) is 2.39. The Kier molecular flexibility index (Phi) is 4.61. The molecule has 2 fully saturated rings. The summed E-state index contributed by atoms with van der Waals surface area (Å²) in [5.74, 6) is 0.804. The topological polar surface area (TPSA) is 23.6 Å². The number of halogens is 2. The fraction of sp³-hybridized carbons (Fsp3) is 0.350. The summed E-state index contributed by atoms with van der Waals surface area (Å²) >= 11 is 11.9. The number of amides is 1. The predicted octanol–water partition coefficient (Wildman–Crippen LogP) is 4.45. The van der Waals surface area contributed by atoms with Crippen LogP contribution in [0.4, 0.5) is 5.69 Å². The zero-order valence-electron chi connectivity index (χ0n) is 13.9. The molecule has 0 unspecified atom stereocenters. The standard InChI is InChI=1S/C20H20Cl2N2O/c21-15-3-1-14(2-4-15)18-13-19(18)20(25)24-11-9-23(10-12-24)17-7-5-16(22)6-8-17/h1-8,18-19H,9-13H2/t18-,19+/m0/s1. The lowest BCUT2D eigenvalue weighted by molar-refractivity contribution is -0.132. The molecule has 0 N–H and O–H groups in total. The maximum absolute atomic E-state index is 12.8. The number of carbonyl (C=O) groups is 1. The number of nitrogens with zero attached hydrogens (tertiary/aromatic N) is 2. The van der Waals surface area contributed by atoms with Gasteiger partial charge in [0.15, 0.2) is 0 Å². The van der Waals surface area contributed by atoms with Gasteiger partial charge in [0.25, 0.3) is 0 Å². The highest BCUT2D eigenvalue weighted by Crippen LogP contribution is 2.48. The van der Waals surface area contributed by atoms with Crippen molar-refractivity contribution >= 4 is 34.8 Å². The molecule has 2 aliphatic rings. The molecule has 1 amide bonds. The summed E-state index contributed by atoms with van der Waals surface area (Å²) in [4.78, 5) is 17.1. The zero-order valence-corrected chi connectivity index (χ0v) is 15.4. The number of benzene rings is 2. The molecule has 1 aliphatic carbocycles. The monoisotopic (exact) mass is 374 g/mol. The Morgan fingerprint density at radius 1 is 0.840 bits per heavy atom. The van der Waals surface area contributed by atoms with Crippen LogP contribution >= 0.6 is 23.2 Å². The lowest BCUT2D eigenvalue weighted by Crippen LogP contribution is -2.49. The van der Waals surface area contributed by atoms with E-state index in [9.17, 15) is 4.79 Å². The van der Waals surface area contributed by atoms with Crippen molar-refractivity contribution < 1.29 is 4.79 Å². The molecule has 130 valence electrons. The van der Waals surface area contributed by atoms with Crippen LogP contribution in [0.5, 0.6) is 0 Å². The van der Waals surface area contributed by atoms with Crippen molar-refractivity contribution in [1.82, 2.24) is 4.90 Å². The van der Waals surface area contributed by atoms with Crippen LogP contribution < -0.4 is 4.90 Å². The summed E-state index contributed by atoms with van der Waals surface area (Å²) in [5, 5.41) is 1.49. The van der Waals surface area contributed by atoms with Crippen LogP contribution in [0, 0.1) is 5.92 Å². The largest absolute Gasteiger partial charge is 0.368 e. The molecule has 2 aromatic carbocycles. The molecule has 1 saturated carbocycles. The molecule has 1 aliphatic heterocycles. The number of hydrogen-bond acceptors (Lipinski definition) is 2. The van der Waals surface area contributed by atoms with Crippen LogP contribution in [0.1, 0.15) is 17.9 Å². The lowest BCUT2D eigenvalue weighted by atomic mass is 10.1. The molecule has 1 saturated heterocycles. The van der Waals surface area contributed by atoms with Crippen molar-refractivity contribution in [1.29, 1.82) is 0 Å². The number of piperazine rings is 1. The maximum Gasteiger partial charge on any atom is 0.226 e. The van der Waals surface area contributed by atoms with Crippen LogP contribution in [0.2, 0.25) is 10.0 Å². The van der Waals surface area contributed by atoms with Crippen LogP contribution in [-0.2, 0) is 4.79 Å². The third-order valence-corrected chi connectivity index (χ3v) is 5.69. The first-order valence-corrected chi connectivity index (χ1v) is 9.42. The molecule has 0 spiro atoms. The summed E-state index contributed by atoms with van der Waals surface area (Å²) in [7, 11) is 0. The number of rotatable bonds is 3. The van der Waals surface area contributed by atoms with Crippen LogP contribution in [0.25, 0.3) is 0 Å². The van der Waals surface area contributed by atoms with Crippen molar-refractivity contribution in [2.24, 2.45) is 5.92 Å². The highest BCUT2D eigenvalue weighted by atomic mass is 35.5. The smallest absolute Gasteiger partial charge is 0.226 e. The van der Waals surface area contributed by atoms with E-state index < -0.39 is 0 Å². The van der Waals surface area contributed by atoms with Gasteiger partial charge in [-0.1, -0.05) is 35.3 Å². The molecule has 4 rings (SSSR count). The van der Waals surface area contributed by atoms with Crippen molar-refractivity contribution in [3.8, 4) is 0 Å². The van der Waals surface area contributed by atoms with Crippen LogP contribution in [-0.4, -0.2) is 37.0 Å². The Morgan fingerprint density at radius 2 is 1.40 bits per heavy atom. The van der Waals surface area contributed by atoms with E-state index in [4.69, 9.17) is 23.2 Å². The van der Waals surface area contributed by atoms with Crippen molar-refractivity contribution in [3.05, 3.63) is 64.1 Å². The van der Waals surface area contributed by atoms with E-state index in [1.165, 1.54) is 11.3 Å². The van der Waals surface area contributed by atoms with E-state index in [-0.39, 0.29) is 5.92 Å². The van der Waals surface area contributed by atoms with Crippen molar-refractivity contribution in [2.45, 2.75) is 12.3 Å². The van der Waals surface area contributed by atoms with Gasteiger partial charge in [-0.05, 0) is 54.3 Å². The molecule has 0 radical (unpaired) electrons. The Balaban J connectivity index is 1.33. The average Bonchev–Trinajstić information content (AvgIpc) is 3.43. The van der Waals surface area contributed by atoms with Gasteiger partial charge in [-0.3, -0.25) is 4.79 Å². The Morgan fingerprint density at radius 3 is 2.00 bits per heavy atom. The van der Waals surface area contributed by atoms with Gasteiger partial charge in [0.2, 0.25) is 5.91 Å². The Labute approximate surface area is 158 Å². The third kappa shape index (κ3) is 3.63. The van der Waals surface area contributed by atoms with Gasteiger partial charge in [0.05, 0.1) is 0 Å². The SMILES string of the molecule is O=C([C@@H]1C[C@H]1c1ccc(Cl)cc1)N1CCN(c2ccc(Cl)cc2)CC1. The van der Waals surface area contributed by atoms with Gasteiger partial charge >= 0.3 is 0 Å². The maximum atomic E-state index is 12.8. The third-order valence-electron chi connectivity index (χ3n) is 5.19.